The summed E-state index contributed by atoms with van der Waals surface area (Å²) < 4.78 is 7.36. The second kappa shape index (κ2) is 8.50. The van der Waals surface area contributed by atoms with Crippen LogP contribution < -0.4 is 5.32 Å². The van der Waals surface area contributed by atoms with Gasteiger partial charge in [0, 0.05) is 37.7 Å². The van der Waals surface area contributed by atoms with Crippen LogP contribution >= 0.6 is 0 Å². The summed E-state index contributed by atoms with van der Waals surface area (Å²) in [5.41, 5.74) is 3.09. The largest absolute Gasteiger partial charge is 0.356 e. The van der Waals surface area contributed by atoms with Crippen molar-refractivity contribution in [1.82, 2.24) is 20.3 Å². The van der Waals surface area contributed by atoms with Crippen molar-refractivity contribution >= 4 is 5.91 Å². The van der Waals surface area contributed by atoms with Crippen molar-refractivity contribution in [1.29, 1.82) is 0 Å². The molecule has 0 atom stereocenters. The zero-order chi connectivity index (χ0) is 19.5. The first-order valence-corrected chi connectivity index (χ1v) is 10.8. The molecule has 1 amide bonds. The van der Waals surface area contributed by atoms with Gasteiger partial charge in [-0.1, -0.05) is 24.4 Å². The van der Waals surface area contributed by atoms with Gasteiger partial charge < -0.3 is 9.84 Å². The molecule has 0 aliphatic heterocycles. The molecule has 2 heterocycles. The van der Waals surface area contributed by atoms with Crippen molar-refractivity contribution in [3.63, 3.8) is 0 Å². The molecule has 0 radical (unpaired) electrons. The molecule has 2 aromatic heterocycles. The molecule has 2 aromatic rings. The predicted molar refractivity (Wildman–Crippen MR) is 108 cm³/mol. The minimum atomic E-state index is 0.256. The van der Waals surface area contributed by atoms with E-state index < -0.39 is 0 Å². The lowest BCUT2D eigenvalue weighted by Crippen LogP contribution is -2.36. The van der Waals surface area contributed by atoms with E-state index in [9.17, 15) is 4.79 Å². The van der Waals surface area contributed by atoms with Gasteiger partial charge in [-0.25, -0.2) is 0 Å². The Balaban J connectivity index is 1.31. The van der Waals surface area contributed by atoms with E-state index >= 15 is 0 Å². The molecule has 1 N–H and O–H groups in total. The van der Waals surface area contributed by atoms with Crippen molar-refractivity contribution in [2.45, 2.75) is 70.6 Å². The molecule has 0 aromatic carbocycles. The molecule has 0 unspecified atom stereocenters. The Morgan fingerprint density at radius 1 is 1.18 bits per heavy atom. The Morgan fingerprint density at radius 2 is 1.93 bits per heavy atom. The average molecular weight is 385 g/mol. The van der Waals surface area contributed by atoms with Crippen LogP contribution in [0.25, 0.3) is 11.3 Å². The normalized spacial score (nSPS) is 23.6. The molecule has 2 aliphatic carbocycles. The average Bonchev–Trinajstić information content (AvgIpc) is 3.32. The third-order valence-corrected chi connectivity index (χ3v) is 6.53. The van der Waals surface area contributed by atoms with E-state index in [4.69, 9.17) is 9.62 Å². The quantitative estimate of drug-likeness (QED) is 0.831. The standard InChI is InChI=1S/C22H32N4O2/c1-15-12-20(28-25-15)19-14-26(2)24-21(19)17-10-8-16(9-11-17)13-23-22(27)18-6-4-3-5-7-18/h12,14,16-18H,3-11,13H2,1-2H3,(H,23,27). The van der Waals surface area contributed by atoms with Crippen LogP contribution in [0.5, 0.6) is 0 Å². The maximum Gasteiger partial charge on any atom is 0.223 e. The Labute approximate surface area is 167 Å². The number of amides is 1. The van der Waals surface area contributed by atoms with E-state index in [1.807, 2.05) is 30.9 Å². The highest BCUT2D eigenvalue weighted by molar-refractivity contribution is 5.78. The highest BCUT2D eigenvalue weighted by atomic mass is 16.5. The van der Waals surface area contributed by atoms with Gasteiger partial charge in [-0.15, -0.1) is 0 Å². The van der Waals surface area contributed by atoms with Gasteiger partial charge in [0.2, 0.25) is 5.91 Å². The minimum Gasteiger partial charge on any atom is -0.356 e. The van der Waals surface area contributed by atoms with Gasteiger partial charge in [-0.05, 0) is 51.4 Å². The van der Waals surface area contributed by atoms with E-state index in [1.54, 1.807) is 0 Å². The molecule has 0 bridgehead atoms. The van der Waals surface area contributed by atoms with Crippen molar-refractivity contribution in [2.75, 3.05) is 6.54 Å². The van der Waals surface area contributed by atoms with Crippen LogP contribution in [0.4, 0.5) is 0 Å². The van der Waals surface area contributed by atoms with E-state index in [2.05, 4.69) is 10.5 Å². The van der Waals surface area contributed by atoms with Crippen molar-refractivity contribution in [2.24, 2.45) is 18.9 Å². The van der Waals surface area contributed by atoms with Gasteiger partial charge in [0.25, 0.3) is 0 Å². The number of hydrogen-bond donors (Lipinski definition) is 1. The molecule has 0 spiro atoms. The molecule has 2 aliphatic rings. The third-order valence-electron chi connectivity index (χ3n) is 6.53. The number of aryl methyl sites for hydroxylation is 2. The first kappa shape index (κ1) is 19.2. The second-order valence-corrected chi connectivity index (χ2v) is 8.73. The summed E-state index contributed by atoms with van der Waals surface area (Å²) in [5, 5.41) is 12.0. The van der Waals surface area contributed by atoms with Crippen LogP contribution in [0.15, 0.2) is 16.8 Å². The number of carbonyl (C=O) groups excluding carboxylic acids is 1. The number of rotatable bonds is 5. The lowest BCUT2D eigenvalue weighted by Gasteiger charge is -2.29. The Kier molecular flexibility index (Phi) is 5.83. The second-order valence-electron chi connectivity index (χ2n) is 8.73. The first-order chi connectivity index (χ1) is 13.6. The van der Waals surface area contributed by atoms with Crippen molar-refractivity contribution in [3.8, 4) is 11.3 Å². The number of nitrogens with one attached hydrogen (secondary N) is 1. The summed E-state index contributed by atoms with van der Waals surface area (Å²) in [6, 6.07) is 1.98. The molecular formula is C22H32N4O2. The monoisotopic (exact) mass is 384 g/mol. The van der Waals surface area contributed by atoms with Gasteiger partial charge in [-0.2, -0.15) is 5.10 Å². The van der Waals surface area contributed by atoms with Gasteiger partial charge in [0.15, 0.2) is 5.76 Å². The summed E-state index contributed by atoms with van der Waals surface area (Å²) in [4.78, 5) is 12.4. The number of hydrogen-bond acceptors (Lipinski definition) is 4. The fourth-order valence-electron chi connectivity index (χ4n) is 4.88. The smallest absolute Gasteiger partial charge is 0.223 e. The number of carbonyl (C=O) groups is 1. The summed E-state index contributed by atoms with van der Waals surface area (Å²) in [6.45, 7) is 2.77. The molecule has 0 saturated heterocycles. The van der Waals surface area contributed by atoms with Crippen molar-refractivity contribution < 1.29 is 9.32 Å². The highest BCUT2D eigenvalue weighted by Crippen LogP contribution is 2.39. The molecule has 6 heteroatoms. The van der Waals surface area contributed by atoms with Gasteiger partial charge in [0.1, 0.15) is 0 Å². The van der Waals surface area contributed by atoms with Crippen LogP contribution in [-0.4, -0.2) is 27.4 Å². The van der Waals surface area contributed by atoms with E-state index in [0.29, 0.717) is 11.8 Å². The molecular weight excluding hydrogens is 352 g/mol. The van der Waals surface area contributed by atoms with Crippen LogP contribution in [0.3, 0.4) is 0 Å². The Bertz CT molecular complexity index is 795. The maximum atomic E-state index is 12.4. The fraction of sp³-hybridized carbons (Fsp3) is 0.682. The molecule has 2 fully saturated rings. The van der Waals surface area contributed by atoms with Gasteiger partial charge in [0.05, 0.1) is 17.0 Å². The molecule has 28 heavy (non-hydrogen) atoms. The number of aromatic nitrogens is 3. The topological polar surface area (TPSA) is 73.0 Å². The lowest BCUT2D eigenvalue weighted by atomic mass is 9.79. The molecule has 2 saturated carbocycles. The first-order valence-electron chi connectivity index (χ1n) is 10.8. The predicted octanol–water partition coefficient (Wildman–Crippen LogP) is 4.35. The molecule has 6 nitrogen and oxygen atoms in total. The third kappa shape index (κ3) is 4.31. The lowest BCUT2D eigenvalue weighted by molar-refractivity contribution is -0.126. The fourth-order valence-corrected chi connectivity index (χ4v) is 4.88. The van der Waals surface area contributed by atoms with Crippen molar-refractivity contribution in [3.05, 3.63) is 23.7 Å². The van der Waals surface area contributed by atoms with E-state index in [1.165, 1.54) is 19.3 Å². The summed E-state index contributed by atoms with van der Waals surface area (Å²) >= 11 is 0. The van der Waals surface area contributed by atoms with E-state index in [-0.39, 0.29) is 11.8 Å². The Morgan fingerprint density at radius 3 is 2.61 bits per heavy atom. The summed E-state index contributed by atoms with van der Waals surface area (Å²) in [7, 11) is 1.96. The summed E-state index contributed by atoms with van der Waals surface area (Å²) in [5.74, 6) is 2.39. The van der Waals surface area contributed by atoms with Gasteiger partial charge in [-0.3, -0.25) is 9.48 Å². The molecule has 4 rings (SSSR count). The maximum absolute atomic E-state index is 12.4. The number of nitrogens with zero attached hydrogens (tertiary/aromatic N) is 3. The highest BCUT2D eigenvalue weighted by Gasteiger charge is 2.28. The zero-order valence-corrected chi connectivity index (χ0v) is 17.1. The SMILES string of the molecule is Cc1cc(-c2cn(C)nc2C2CCC(CNC(=O)C3CCCCC3)CC2)on1. The van der Waals surface area contributed by atoms with Crippen LogP contribution in [0.1, 0.15) is 75.1 Å². The van der Waals surface area contributed by atoms with Gasteiger partial charge >= 0.3 is 0 Å². The Hall–Kier alpha value is -2.11. The summed E-state index contributed by atoms with van der Waals surface area (Å²) in [6.07, 6.45) is 12.4. The minimum absolute atomic E-state index is 0.256. The van der Waals surface area contributed by atoms with Crippen LogP contribution in [0.2, 0.25) is 0 Å². The molecule has 152 valence electrons. The van der Waals surface area contributed by atoms with E-state index in [0.717, 1.165) is 67.8 Å². The van der Waals surface area contributed by atoms with Crippen LogP contribution in [-0.2, 0) is 11.8 Å². The van der Waals surface area contributed by atoms with Crippen LogP contribution in [0, 0.1) is 18.8 Å². The zero-order valence-electron chi connectivity index (χ0n) is 17.1.